The summed E-state index contributed by atoms with van der Waals surface area (Å²) in [6.45, 7) is 0.273. The molecular formula is C14H10Cl2O2. The number of hydrogen-bond acceptors (Lipinski definition) is 2. The van der Waals surface area contributed by atoms with Crippen LogP contribution in [0.2, 0.25) is 5.02 Å². The van der Waals surface area contributed by atoms with Gasteiger partial charge in [-0.25, -0.2) is 0 Å². The Labute approximate surface area is 115 Å². The van der Waals surface area contributed by atoms with Crippen LogP contribution in [0.1, 0.15) is 15.9 Å². The fourth-order valence-electron chi connectivity index (χ4n) is 1.56. The van der Waals surface area contributed by atoms with Crippen molar-refractivity contribution in [3.63, 3.8) is 0 Å². The molecule has 0 aliphatic heterocycles. The molecule has 0 N–H and O–H groups in total. The third kappa shape index (κ3) is 3.25. The van der Waals surface area contributed by atoms with Gasteiger partial charge >= 0.3 is 0 Å². The average Bonchev–Trinajstić information content (AvgIpc) is 2.37. The van der Waals surface area contributed by atoms with Crippen LogP contribution in [0.3, 0.4) is 0 Å². The lowest BCUT2D eigenvalue weighted by Gasteiger charge is -2.08. The van der Waals surface area contributed by atoms with Crippen molar-refractivity contribution >= 4 is 28.4 Å². The topological polar surface area (TPSA) is 26.3 Å². The lowest BCUT2D eigenvalue weighted by molar-refractivity contribution is 0.107. The van der Waals surface area contributed by atoms with Crippen LogP contribution in [0.25, 0.3) is 0 Å². The first-order valence-electron chi connectivity index (χ1n) is 5.33. The quantitative estimate of drug-likeness (QED) is 0.781. The van der Waals surface area contributed by atoms with E-state index in [2.05, 4.69) is 0 Å². The van der Waals surface area contributed by atoms with Gasteiger partial charge in [0.05, 0.1) is 0 Å². The van der Waals surface area contributed by atoms with Gasteiger partial charge in [-0.1, -0.05) is 35.9 Å². The van der Waals surface area contributed by atoms with Gasteiger partial charge in [-0.05, 0) is 35.9 Å². The predicted octanol–water partition coefficient (Wildman–Crippen LogP) is 4.30. The molecule has 0 unspecified atom stereocenters. The van der Waals surface area contributed by atoms with E-state index in [4.69, 9.17) is 27.9 Å². The third-order valence-electron chi connectivity index (χ3n) is 2.42. The number of carbonyl (C=O) groups excluding carboxylic acids is 1. The second-order valence-corrected chi connectivity index (χ2v) is 4.46. The van der Waals surface area contributed by atoms with Crippen molar-refractivity contribution < 1.29 is 9.53 Å². The maximum Gasteiger partial charge on any atom is 0.252 e. The highest BCUT2D eigenvalue weighted by molar-refractivity contribution is 6.67. The van der Waals surface area contributed by atoms with Crippen molar-refractivity contribution in [1.29, 1.82) is 0 Å². The minimum atomic E-state index is -0.486. The first-order chi connectivity index (χ1) is 8.66. The molecule has 0 fully saturated rings. The number of hydrogen-bond donors (Lipinski definition) is 0. The first kappa shape index (κ1) is 12.9. The van der Waals surface area contributed by atoms with E-state index in [9.17, 15) is 4.79 Å². The SMILES string of the molecule is O=C(Cl)c1ccccc1COc1cccc(Cl)c1. The van der Waals surface area contributed by atoms with Gasteiger partial charge in [0.25, 0.3) is 5.24 Å². The minimum absolute atomic E-state index is 0.273. The highest BCUT2D eigenvalue weighted by Crippen LogP contribution is 2.19. The Hall–Kier alpha value is -1.51. The zero-order chi connectivity index (χ0) is 13.0. The molecule has 0 amide bonds. The molecule has 92 valence electrons. The van der Waals surface area contributed by atoms with Gasteiger partial charge in [0.1, 0.15) is 12.4 Å². The summed E-state index contributed by atoms with van der Waals surface area (Å²) in [6, 6.07) is 14.2. The van der Waals surface area contributed by atoms with Gasteiger partial charge in [-0.15, -0.1) is 0 Å². The number of carbonyl (C=O) groups is 1. The van der Waals surface area contributed by atoms with Crippen molar-refractivity contribution in [3.8, 4) is 5.75 Å². The molecule has 2 nitrogen and oxygen atoms in total. The van der Waals surface area contributed by atoms with Crippen LogP contribution in [-0.2, 0) is 6.61 Å². The first-order valence-corrected chi connectivity index (χ1v) is 6.08. The largest absolute Gasteiger partial charge is 0.489 e. The van der Waals surface area contributed by atoms with Gasteiger partial charge in [0.15, 0.2) is 0 Å². The molecule has 0 bridgehead atoms. The standard InChI is InChI=1S/C14H10Cl2O2/c15-11-5-3-6-12(8-11)18-9-10-4-1-2-7-13(10)14(16)17/h1-8H,9H2. The van der Waals surface area contributed by atoms with Crippen molar-refractivity contribution in [2.24, 2.45) is 0 Å². The zero-order valence-electron chi connectivity index (χ0n) is 9.40. The monoisotopic (exact) mass is 280 g/mol. The Balaban J connectivity index is 2.13. The van der Waals surface area contributed by atoms with Gasteiger partial charge in [0.2, 0.25) is 0 Å². The Kier molecular flexibility index (Phi) is 4.24. The molecule has 0 aliphatic carbocycles. The molecule has 4 heteroatoms. The summed E-state index contributed by atoms with van der Waals surface area (Å²) in [5, 5.41) is 0.120. The van der Waals surface area contributed by atoms with Crippen LogP contribution in [0.5, 0.6) is 5.75 Å². The minimum Gasteiger partial charge on any atom is -0.489 e. The lowest BCUT2D eigenvalue weighted by Crippen LogP contribution is -2.02. The van der Waals surface area contributed by atoms with Crippen molar-refractivity contribution in [1.82, 2.24) is 0 Å². The second kappa shape index (κ2) is 5.89. The van der Waals surface area contributed by atoms with Gasteiger partial charge in [0, 0.05) is 16.1 Å². The third-order valence-corrected chi connectivity index (χ3v) is 2.86. The fourth-order valence-corrected chi connectivity index (χ4v) is 1.92. The van der Waals surface area contributed by atoms with Crippen molar-refractivity contribution in [2.45, 2.75) is 6.61 Å². The summed E-state index contributed by atoms with van der Waals surface area (Å²) in [7, 11) is 0. The molecule has 0 saturated heterocycles. The molecule has 2 aromatic rings. The van der Waals surface area contributed by atoms with E-state index in [1.54, 1.807) is 42.5 Å². The molecule has 18 heavy (non-hydrogen) atoms. The van der Waals surface area contributed by atoms with Crippen molar-refractivity contribution in [2.75, 3.05) is 0 Å². The summed E-state index contributed by atoms with van der Waals surface area (Å²) in [4.78, 5) is 11.2. The van der Waals surface area contributed by atoms with E-state index in [1.807, 2.05) is 6.07 Å². The fraction of sp³-hybridized carbons (Fsp3) is 0.0714. The summed E-state index contributed by atoms with van der Waals surface area (Å²) >= 11 is 11.4. The Bertz CT molecular complexity index is 567. The summed E-state index contributed by atoms with van der Waals surface area (Å²) in [5.74, 6) is 0.652. The Morgan fingerprint density at radius 2 is 1.89 bits per heavy atom. The molecule has 0 radical (unpaired) electrons. The Morgan fingerprint density at radius 3 is 2.61 bits per heavy atom. The summed E-state index contributed by atoms with van der Waals surface area (Å²) in [5.41, 5.74) is 1.21. The van der Waals surface area contributed by atoms with E-state index >= 15 is 0 Å². The van der Waals surface area contributed by atoms with E-state index < -0.39 is 5.24 Å². The summed E-state index contributed by atoms with van der Waals surface area (Å²) < 4.78 is 5.57. The number of rotatable bonds is 4. The molecule has 0 atom stereocenters. The van der Waals surface area contributed by atoms with Crippen LogP contribution in [0.4, 0.5) is 0 Å². The summed E-state index contributed by atoms with van der Waals surface area (Å²) in [6.07, 6.45) is 0. The van der Waals surface area contributed by atoms with Crippen LogP contribution in [-0.4, -0.2) is 5.24 Å². The maximum absolute atomic E-state index is 11.2. The van der Waals surface area contributed by atoms with E-state index in [-0.39, 0.29) is 6.61 Å². The average molecular weight is 281 g/mol. The maximum atomic E-state index is 11.2. The predicted molar refractivity (Wildman–Crippen MR) is 72.4 cm³/mol. The van der Waals surface area contributed by atoms with Crippen molar-refractivity contribution in [3.05, 3.63) is 64.7 Å². The van der Waals surface area contributed by atoms with E-state index in [0.29, 0.717) is 16.3 Å². The molecule has 0 saturated carbocycles. The zero-order valence-corrected chi connectivity index (χ0v) is 10.9. The highest BCUT2D eigenvalue weighted by Gasteiger charge is 2.08. The number of ether oxygens (including phenoxy) is 1. The van der Waals surface area contributed by atoms with E-state index in [1.165, 1.54) is 0 Å². The molecule has 2 aromatic carbocycles. The molecule has 0 aromatic heterocycles. The molecular weight excluding hydrogens is 271 g/mol. The number of benzene rings is 2. The van der Waals surface area contributed by atoms with Crippen LogP contribution in [0, 0.1) is 0 Å². The lowest BCUT2D eigenvalue weighted by atomic mass is 10.1. The van der Waals surface area contributed by atoms with Crippen LogP contribution in [0.15, 0.2) is 48.5 Å². The molecule has 0 aliphatic rings. The highest BCUT2D eigenvalue weighted by atomic mass is 35.5. The number of halogens is 2. The Morgan fingerprint density at radius 1 is 1.11 bits per heavy atom. The van der Waals surface area contributed by atoms with Gasteiger partial charge < -0.3 is 4.74 Å². The van der Waals surface area contributed by atoms with E-state index in [0.717, 1.165) is 5.56 Å². The smallest absolute Gasteiger partial charge is 0.252 e. The van der Waals surface area contributed by atoms with Crippen LogP contribution < -0.4 is 4.74 Å². The van der Waals surface area contributed by atoms with Crippen LogP contribution >= 0.6 is 23.2 Å². The van der Waals surface area contributed by atoms with Gasteiger partial charge in [-0.3, -0.25) is 4.79 Å². The van der Waals surface area contributed by atoms with Gasteiger partial charge in [-0.2, -0.15) is 0 Å². The molecule has 0 spiro atoms. The second-order valence-electron chi connectivity index (χ2n) is 3.68. The molecule has 0 heterocycles. The molecule has 2 rings (SSSR count). The normalized spacial score (nSPS) is 10.1.